The Morgan fingerprint density at radius 1 is 1.44 bits per heavy atom. The van der Waals surface area contributed by atoms with E-state index in [1.54, 1.807) is 24.3 Å². The molecule has 0 radical (unpaired) electrons. The fourth-order valence-corrected chi connectivity index (χ4v) is 3.60. The highest BCUT2D eigenvalue weighted by Gasteiger charge is 2.48. The van der Waals surface area contributed by atoms with Gasteiger partial charge in [0.2, 0.25) is 5.91 Å². The summed E-state index contributed by atoms with van der Waals surface area (Å²) < 4.78 is 20.5. The number of halogens is 1. The van der Waals surface area contributed by atoms with Crippen LogP contribution in [0.1, 0.15) is 18.2 Å². The van der Waals surface area contributed by atoms with E-state index in [9.17, 15) is 9.59 Å². The minimum absolute atomic E-state index is 0.194. The first-order valence-corrected chi connectivity index (χ1v) is 8.52. The Morgan fingerprint density at radius 2 is 2.26 bits per heavy atom. The molecular formula is C19H17FN4O3. The lowest BCUT2D eigenvalue weighted by Gasteiger charge is -2.16. The van der Waals surface area contributed by atoms with Gasteiger partial charge in [-0.2, -0.15) is 0 Å². The van der Waals surface area contributed by atoms with Gasteiger partial charge in [0.1, 0.15) is 11.9 Å². The highest BCUT2D eigenvalue weighted by atomic mass is 19.1. The Bertz CT molecular complexity index is 945. The maximum Gasteiger partial charge on any atom is 0.415 e. The lowest BCUT2D eigenvalue weighted by Crippen LogP contribution is -2.40. The highest BCUT2D eigenvalue weighted by Crippen LogP contribution is 2.42. The van der Waals surface area contributed by atoms with Gasteiger partial charge in [-0.3, -0.25) is 14.7 Å². The van der Waals surface area contributed by atoms with Crippen LogP contribution in [0.15, 0.2) is 30.5 Å². The summed E-state index contributed by atoms with van der Waals surface area (Å²) in [6.45, 7) is 1.58. The Morgan fingerprint density at radius 3 is 2.93 bits per heavy atom. The van der Waals surface area contributed by atoms with E-state index in [0.717, 1.165) is 6.21 Å². The first-order chi connectivity index (χ1) is 13.0. The van der Waals surface area contributed by atoms with Crippen LogP contribution in [0.2, 0.25) is 0 Å². The van der Waals surface area contributed by atoms with Gasteiger partial charge in [-0.05, 0) is 18.2 Å². The van der Waals surface area contributed by atoms with Crippen molar-refractivity contribution in [2.75, 3.05) is 11.4 Å². The normalized spacial score (nSPS) is 20.1. The molecule has 2 atom stereocenters. The number of nitrogens with zero attached hydrogens (tertiary/aromatic N) is 2. The molecule has 27 heavy (non-hydrogen) atoms. The largest absolute Gasteiger partial charge is 0.442 e. The number of fused-ring (bicyclic) bond motifs is 3. The molecule has 1 aromatic carbocycles. The van der Waals surface area contributed by atoms with Crippen LogP contribution in [0.4, 0.5) is 14.9 Å². The van der Waals surface area contributed by atoms with Gasteiger partial charge < -0.3 is 15.5 Å². The maximum absolute atomic E-state index is 15.2. The molecule has 2 amide bonds. The van der Waals surface area contributed by atoms with Gasteiger partial charge in [-0.25, -0.2) is 9.18 Å². The zero-order valence-electron chi connectivity index (χ0n) is 14.5. The van der Waals surface area contributed by atoms with Crippen molar-refractivity contribution >= 4 is 23.9 Å². The monoisotopic (exact) mass is 368 g/mol. The Kier molecular flexibility index (Phi) is 4.10. The van der Waals surface area contributed by atoms with E-state index in [0.29, 0.717) is 34.5 Å². The average molecular weight is 368 g/mol. The Balaban J connectivity index is 1.66. The van der Waals surface area contributed by atoms with Crippen LogP contribution in [0.3, 0.4) is 0 Å². The fraction of sp³-hybridized carbons (Fsp3) is 0.263. The summed E-state index contributed by atoms with van der Waals surface area (Å²) >= 11 is 0. The number of nitrogens with one attached hydrogen (secondary N) is 2. The van der Waals surface area contributed by atoms with E-state index < -0.39 is 18.0 Å². The molecule has 138 valence electrons. The second-order valence-electron chi connectivity index (χ2n) is 6.54. The molecule has 1 aromatic heterocycles. The SMILES string of the molecule is CC(=O)NC[C@@H]1OC(=O)N2c3ccc(-c4ccc(C=N)nc4)c(F)c3CC12. The van der Waals surface area contributed by atoms with Crippen molar-refractivity contribution in [2.45, 2.75) is 25.5 Å². The molecule has 0 aliphatic carbocycles. The predicted octanol–water partition coefficient (Wildman–Crippen LogP) is 2.27. The van der Waals surface area contributed by atoms with Gasteiger partial charge >= 0.3 is 6.09 Å². The Hall–Kier alpha value is -3.29. The predicted molar refractivity (Wildman–Crippen MR) is 96.4 cm³/mol. The summed E-state index contributed by atoms with van der Waals surface area (Å²) in [5, 5.41) is 9.84. The molecule has 8 heteroatoms. The number of anilines is 1. The van der Waals surface area contributed by atoms with E-state index in [2.05, 4.69) is 10.3 Å². The summed E-state index contributed by atoms with van der Waals surface area (Å²) in [6.07, 6.45) is 1.91. The number of benzene rings is 1. The second-order valence-corrected chi connectivity index (χ2v) is 6.54. The number of amides is 2. The maximum atomic E-state index is 15.2. The van der Waals surface area contributed by atoms with Crippen molar-refractivity contribution in [3.63, 3.8) is 0 Å². The molecule has 0 spiro atoms. The third-order valence-electron chi connectivity index (χ3n) is 4.90. The molecule has 1 unspecified atom stereocenters. The molecule has 4 rings (SSSR count). The third-order valence-corrected chi connectivity index (χ3v) is 4.90. The Labute approximate surface area is 154 Å². The molecule has 0 saturated carbocycles. The molecule has 1 saturated heterocycles. The summed E-state index contributed by atoms with van der Waals surface area (Å²) in [6, 6.07) is 6.34. The van der Waals surface area contributed by atoms with Crippen molar-refractivity contribution in [3.05, 3.63) is 47.5 Å². The van der Waals surface area contributed by atoms with Crippen LogP contribution in [-0.4, -0.2) is 41.9 Å². The number of hydrogen-bond acceptors (Lipinski definition) is 5. The number of carbonyl (C=O) groups is 2. The number of carbonyl (C=O) groups excluding carboxylic acids is 2. The van der Waals surface area contributed by atoms with Gasteiger partial charge in [-0.1, -0.05) is 6.07 Å². The van der Waals surface area contributed by atoms with Crippen molar-refractivity contribution < 1.29 is 18.7 Å². The van der Waals surface area contributed by atoms with E-state index in [4.69, 9.17) is 10.1 Å². The standard InChI is InChI=1S/C19H17FN4O3/c1-10(25)22-9-17-16-6-14-15(24(16)19(26)27-17)5-4-13(18(14)20)11-2-3-12(7-21)23-8-11/h2-5,7-8,16-17,21H,6,9H2,1H3,(H,22,25)/t16?,17-/m0/s1. The topological polar surface area (TPSA) is 95.4 Å². The number of aromatic nitrogens is 1. The lowest BCUT2D eigenvalue weighted by atomic mass is 9.99. The number of pyridine rings is 1. The smallest absolute Gasteiger partial charge is 0.415 e. The molecular weight excluding hydrogens is 351 g/mol. The van der Waals surface area contributed by atoms with E-state index in [1.807, 2.05) is 0 Å². The summed E-state index contributed by atoms with van der Waals surface area (Å²) in [5.41, 5.74) is 2.44. The fourth-order valence-electron chi connectivity index (χ4n) is 3.60. The minimum atomic E-state index is -0.529. The van der Waals surface area contributed by atoms with Crippen molar-refractivity contribution in [3.8, 4) is 11.1 Å². The summed E-state index contributed by atoms with van der Waals surface area (Å²) in [7, 11) is 0. The van der Waals surface area contributed by atoms with E-state index in [-0.39, 0.29) is 18.5 Å². The third kappa shape index (κ3) is 2.83. The van der Waals surface area contributed by atoms with Crippen molar-refractivity contribution in [2.24, 2.45) is 0 Å². The summed E-state index contributed by atoms with van der Waals surface area (Å²) in [5.74, 6) is -0.605. The molecule has 1 fully saturated rings. The lowest BCUT2D eigenvalue weighted by molar-refractivity contribution is -0.119. The van der Waals surface area contributed by atoms with Crippen molar-refractivity contribution in [1.82, 2.24) is 10.3 Å². The van der Waals surface area contributed by atoms with Crippen LogP contribution < -0.4 is 10.2 Å². The number of hydrogen-bond donors (Lipinski definition) is 2. The van der Waals surface area contributed by atoms with Crippen LogP contribution in [0, 0.1) is 11.2 Å². The molecule has 7 nitrogen and oxygen atoms in total. The number of rotatable bonds is 4. The average Bonchev–Trinajstić information content (AvgIpc) is 3.19. The molecule has 2 aromatic rings. The van der Waals surface area contributed by atoms with E-state index in [1.165, 1.54) is 18.0 Å². The van der Waals surface area contributed by atoms with Gasteiger partial charge in [0.05, 0.1) is 24.0 Å². The molecule has 0 bridgehead atoms. The van der Waals surface area contributed by atoms with Crippen LogP contribution in [0.25, 0.3) is 11.1 Å². The molecule has 3 heterocycles. The first-order valence-electron chi connectivity index (χ1n) is 8.52. The van der Waals surface area contributed by atoms with Crippen LogP contribution in [-0.2, 0) is 16.0 Å². The van der Waals surface area contributed by atoms with Gasteiger partial charge in [0.25, 0.3) is 0 Å². The van der Waals surface area contributed by atoms with Gasteiger partial charge in [0, 0.05) is 42.4 Å². The molecule has 2 aliphatic rings. The van der Waals surface area contributed by atoms with Gasteiger partial charge in [0.15, 0.2) is 0 Å². The second kappa shape index (κ2) is 6.46. The van der Waals surface area contributed by atoms with Crippen LogP contribution >= 0.6 is 0 Å². The zero-order valence-corrected chi connectivity index (χ0v) is 14.5. The highest BCUT2D eigenvalue weighted by molar-refractivity contribution is 5.94. The molecule has 2 N–H and O–H groups in total. The van der Waals surface area contributed by atoms with E-state index >= 15 is 4.39 Å². The van der Waals surface area contributed by atoms with Gasteiger partial charge in [-0.15, -0.1) is 0 Å². The quantitative estimate of drug-likeness (QED) is 0.810. The molecule has 2 aliphatic heterocycles. The number of ether oxygens (including phenoxy) is 1. The summed E-state index contributed by atoms with van der Waals surface area (Å²) in [4.78, 5) is 29.0. The zero-order chi connectivity index (χ0) is 19.1. The van der Waals surface area contributed by atoms with Crippen LogP contribution in [0.5, 0.6) is 0 Å². The minimum Gasteiger partial charge on any atom is -0.442 e. The first kappa shape index (κ1) is 17.1. The van der Waals surface area contributed by atoms with Crippen molar-refractivity contribution in [1.29, 1.82) is 5.41 Å². The number of cyclic esters (lactones) is 1.